The maximum absolute atomic E-state index is 13.9. The van der Waals surface area contributed by atoms with Crippen LogP contribution in [-0.4, -0.2) is 31.1 Å². The molecule has 1 aliphatic rings. The number of rotatable bonds is 7. The lowest BCUT2D eigenvalue weighted by Gasteiger charge is -2.21. The minimum atomic E-state index is -4.60. The van der Waals surface area contributed by atoms with Gasteiger partial charge >= 0.3 is 6.18 Å². The van der Waals surface area contributed by atoms with Gasteiger partial charge in [-0.1, -0.05) is 28.9 Å². The second-order valence-electron chi connectivity index (χ2n) is 9.72. The maximum Gasteiger partial charge on any atom is 0.413 e. The molecular weight excluding hydrogens is 598 g/mol. The highest BCUT2D eigenvalue weighted by Crippen LogP contribution is 2.55. The van der Waals surface area contributed by atoms with E-state index >= 15 is 0 Å². The number of anilines is 3. The van der Waals surface area contributed by atoms with E-state index in [9.17, 15) is 33.0 Å². The molecule has 15 heteroatoms. The molecule has 0 amide bonds. The number of nitriles is 1. The summed E-state index contributed by atoms with van der Waals surface area (Å²) in [5.41, 5.74) is -1.95. The summed E-state index contributed by atoms with van der Waals surface area (Å²) in [7, 11) is 0. The van der Waals surface area contributed by atoms with E-state index in [0.717, 1.165) is 30.6 Å². The van der Waals surface area contributed by atoms with Gasteiger partial charge in [0.2, 0.25) is 5.95 Å². The van der Waals surface area contributed by atoms with E-state index in [1.54, 1.807) is 0 Å². The van der Waals surface area contributed by atoms with Crippen molar-refractivity contribution in [1.82, 2.24) is 25.0 Å². The van der Waals surface area contributed by atoms with E-state index in [0.29, 0.717) is 4.68 Å². The molecule has 0 saturated heterocycles. The zero-order valence-electron chi connectivity index (χ0n) is 22.5. The van der Waals surface area contributed by atoms with Crippen molar-refractivity contribution in [1.29, 1.82) is 5.26 Å². The van der Waals surface area contributed by atoms with Crippen LogP contribution >= 0.6 is 11.6 Å². The molecule has 1 atom stereocenters. The monoisotopic (exact) mass is 615 g/mol. The molecule has 0 unspecified atom stereocenters. The quantitative estimate of drug-likeness (QED) is 0.148. The van der Waals surface area contributed by atoms with Crippen molar-refractivity contribution in [3.8, 4) is 6.07 Å². The summed E-state index contributed by atoms with van der Waals surface area (Å²) in [5.74, 6) is -3.17. The van der Waals surface area contributed by atoms with Crippen molar-refractivity contribution >= 4 is 39.6 Å². The van der Waals surface area contributed by atoms with E-state index in [-0.39, 0.29) is 62.7 Å². The molecule has 3 heterocycles. The Kier molecular flexibility index (Phi) is 6.54. The molecule has 5 aromatic rings. The first-order chi connectivity index (χ1) is 20.8. The summed E-state index contributed by atoms with van der Waals surface area (Å²) in [6, 6.07) is 8.20. The molecule has 1 fully saturated rings. The van der Waals surface area contributed by atoms with Gasteiger partial charge in [-0.2, -0.15) is 22.8 Å². The van der Waals surface area contributed by atoms with Gasteiger partial charge in [0.25, 0.3) is 0 Å². The first-order valence-electron chi connectivity index (χ1n) is 13.0. The van der Waals surface area contributed by atoms with Gasteiger partial charge in [-0.3, -0.25) is 4.98 Å². The van der Waals surface area contributed by atoms with Crippen LogP contribution in [0.1, 0.15) is 37.1 Å². The highest BCUT2D eigenvalue weighted by molar-refractivity contribution is 6.36. The Morgan fingerprint density at radius 3 is 2.44 bits per heavy atom. The highest BCUT2D eigenvalue weighted by atomic mass is 35.5. The fraction of sp³-hybridized carbons (Fsp3) is 0.179. The Bertz CT molecular complexity index is 1960. The SMILES string of the molecule is [2H][C@](Nc1cc(Cl)c2ncc(C#N)c(Nc3cnc(F)c(F)c3)c2c1)(c1ccc(F)cc1)c1cn(C2(C(F)(F)F)CC2)nn1. The fourth-order valence-electron chi connectivity index (χ4n) is 4.58. The summed E-state index contributed by atoms with van der Waals surface area (Å²) < 4.78 is 92.6. The smallest absolute Gasteiger partial charge is 0.373 e. The largest absolute Gasteiger partial charge is 0.413 e. The van der Waals surface area contributed by atoms with Crippen molar-refractivity contribution in [2.45, 2.75) is 30.6 Å². The highest BCUT2D eigenvalue weighted by Gasteiger charge is 2.66. The summed E-state index contributed by atoms with van der Waals surface area (Å²) in [4.78, 5) is 7.54. The predicted molar refractivity (Wildman–Crippen MR) is 144 cm³/mol. The zero-order valence-corrected chi connectivity index (χ0v) is 22.3. The Morgan fingerprint density at radius 2 is 1.79 bits per heavy atom. The number of nitrogens with one attached hydrogen (secondary N) is 2. The standard InChI is InChI=1S/C28H17ClF6N8/c29-20-8-17(7-19-23(15(10-36)11-37-25(19)20)40-18-9-21(31)26(32)38-12-18)39-24(14-1-3-16(30)4-2-14)22-13-43(42-41-22)27(5-6-27)28(33,34)35/h1-4,7-9,11-13,24,39H,5-6H2,(H,37,40)/t24-/m0/s1/i24D. The summed E-state index contributed by atoms with van der Waals surface area (Å²) >= 11 is 6.54. The molecule has 3 aromatic heterocycles. The minimum absolute atomic E-state index is 0.00109. The maximum atomic E-state index is 13.9. The Labute approximate surface area is 245 Å². The van der Waals surface area contributed by atoms with Crippen LogP contribution < -0.4 is 10.6 Å². The topological polar surface area (TPSA) is 104 Å². The van der Waals surface area contributed by atoms with Crippen molar-refractivity contribution in [2.75, 3.05) is 10.6 Å². The first-order valence-corrected chi connectivity index (χ1v) is 12.9. The normalized spacial score (nSPS) is 15.8. The number of fused-ring (bicyclic) bond motifs is 1. The summed E-state index contributed by atoms with van der Waals surface area (Å²) in [5, 5.41) is 23.3. The molecule has 2 aromatic carbocycles. The van der Waals surface area contributed by atoms with Gasteiger partial charge in [0.15, 0.2) is 11.4 Å². The summed E-state index contributed by atoms with van der Waals surface area (Å²) in [6.07, 6.45) is -1.76. The third-order valence-corrected chi connectivity index (χ3v) is 7.24. The molecular formula is C28H17ClF6N8. The van der Waals surface area contributed by atoms with Crippen LogP contribution in [0.4, 0.5) is 43.4 Å². The number of halogens is 7. The molecule has 1 aliphatic carbocycles. The molecule has 43 heavy (non-hydrogen) atoms. The van der Waals surface area contributed by atoms with E-state index in [1.807, 2.05) is 6.07 Å². The number of pyridine rings is 2. The second-order valence-corrected chi connectivity index (χ2v) is 10.1. The van der Waals surface area contributed by atoms with Crippen LogP contribution in [0.5, 0.6) is 0 Å². The van der Waals surface area contributed by atoms with E-state index in [1.165, 1.54) is 30.5 Å². The van der Waals surface area contributed by atoms with Crippen LogP contribution in [0.2, 0.25) is 5.02 Å². The van der Waals surface area contributed by atoms with Gasteiger partial charge < -0.3 is 10.6 Å². The van der Waals surface area contributed by atoms with Gasteiger partial charge in [0, 0.05) is 23.3 Å². The molecule has 218 valence electrons. The van der Waals surface area contributed by atoms with E-state index in [2.05, 4.69) is 30.9 Å². The van der Waals surface area contributed by atoms with Gasteiger partial charge in [-0.25, -0.2) is 18.4 Å². The number of benzene rings is 2. The van der Waals surface area contributed by atoms with Crippen LogP contribution in [0.15, 0.2) is 61.1 Å². The number of hydrogen-bond acceptors (Lipinski definition) is 7. The van der Waals surface area contributed by atoms with Crippen molar-refractivity contribution in [3.63, 3.8) is 0 Å². The van der Waals surface area contributed by atoms with E-state index in [4.69, 9.17) is 11.6 Å². The van der Waals surface area contributed by atoms with Crippen LogP contribution in [0.3, 0.4) is 0 Å². The van der Waals surface area contributed by atoms with Crippen molar-refractivity contribution in [2.24, 2.45) is 0 Å². The Hall–Kier alpha value is -4.90. The average Bonchev–Trinajstić information content (AvgIpc) is 3.65. The molecule has 8 nitrogen and oxygen atoms in total. The second kappa shape index (κ2) is 10.4. The third-order valence-electron chi connectivity index (χ3n) is 6.95. The Morgan fingerprint density at radius 1 is 1.05 bits per heavy atom. The molecule has 0 radical (unpaired) electrons. The third kappa shape index (κ3) is 5.16. The lowest BCUT2D eigenvalue weighted by molar-refractivity contribution is -0.182. The first kappa shape index (κ1) is 27.0. The number of hydrogen-bond donors (Lipinski definition) is 2. The lowest BCUT2D eigenvalue weighted by atomic mass is 10.0. The fourth-order valence-corrected chi connectivity index (χ4v) is 4.85. The molecule has 1 saturated carbocycles. The number of aromatic nitrogens is 5. The minimum Gasteiger partial charge on any atom is -0.373 e. The zero-order chi connectivity index (χ0) is 31.4. The van der Waals surface area contributed by atoms with E-state index < -0.39 is 35.3 Å². The predicted octanol–water partition coefficient (Wildman–Crippen LogP) is 7.16. The molecule has 6 rings (SSSR count). The Balaban J connectivity index is 1.47. The van der Waals surface area contributed by atoms with Gasteiger partial charge in [0.1, 0.15) is 17.6 Å². The van der Waals surface area contributed by atoms with Crippen LogP contribution in [0, 0.1) is 28.9 Å². The van der Waals surface area contributed by atoms with Crippen molar-refractivity contribution in [3.05, 3.63) is 100 Å². The number of nitrogens with zero attached hydrogens (tertiary/aromatic N) is 6. The van der Waals surface area contributed by atoms with Gasteiger partial charge in [-0.05, 0) is 42.7 Å². The number of alkyl halides is 3. The average molecular weight is 616 g/mol. The van der Waals surface area contributed by atoms with Crippen molar-refractivity contribution < 1.29 is 27.7 Å². The van der Waals surface area contributed by atoms with Crippen LogP contribution in [0.25, 0.3) is 10.9 Å². The molecule has 2 N–H and O–H groups in total. The molecule has 0 bridgehead atoms. The molecule has 0 spiro atoms. The molecule has 0 aliphatic heterocycles. The van der Waals surface area contributed by atoms with Crippen LogP contribution in [-0.2, 0) is 5.54 Å². The van der Waals surface area contributed by atoms with Gasteiger partial charge in [-0.15, -0.1) is 5.10 Å². The lowest BCUT2D eigenvalue weighted by Crippen LogP contribution is -2.35. The van der Waals surface area contributed by atoms with Gasteiger partial charge in [0.05, 0.1) is 47.3 Å². The summed E-state index contributed by atoms with van der Waals surface area (Å²) in [6.45, 7) is 0.